The second-order valence-electron chi connectivity index (χ2n) is 3.25. The Kier molecular flexibility index (Phi) is 4.84. The van der Waals surface area contributed by atoms with Crippen LogP contribution in [0.3, 0.4) is 0 Å². The molecule has 4 nitrogen and oxygen atoms in total. The number of thioether (sulfide) groups is 1. The van der Waals surface area contributed by atoms with Crippen LogP contribution in [0, 0.1) is 0 Å². The Morgan fingerprint density at radius 1 is 1.53 bits per heavy atom. The summed E-state index contributed by atoms with van der Waals surface area (Å²) < 4.78 is 0. The maximum absolute atomic E-state index is 11.7. The van der Waals surface area contributed by atoms with Gasteiger partial charge in [-0.05, 0) is 32.1 Å². The van der Waals surface area contributed by atoms with E-state index in [1.807, 2.05) is 13.2 Å². The van der Waals surface area contributed by atoms with Crippen LogP contribution < -0.4 is 11.3 Å². The molecule has 1 rings (SSSR count). The van der Waals surface area contributed by atoms with Gasteiger partial charge in [0.1, 0.15) is 0 Å². The van der Waals surface area contributed by atoms with Crippen LogP contribution in [0.15, 0.2) is 9.95 Å². The zero-order valence-corrected chi connectivity index (χ0v) is 9.99. The van der Waals surface area contributed by atoms with Crippen molar-refractivity contribution < 1.29 is 0 Å². The molecule has 1 aromatic heterocycles. The van der Waals surface area contributed by atoms with Gasteiger partial charge in [0.2, 0.25) is 0 Å². The Bertz CT molecular complexity index is 375. The minimum Gasteiger partial charge on any atom is -0.330 e. The van der Waals surface area contributed by atoms with Gasteiger partial charge in [-0.3, -0.25) is 4.79 Å². The fraction of sp³-hybridized carbons (Fsp3) is 0.600. The first-order chi connectivity index (χ1) is 7.22. The number of hydrogen-bond donors (Lipinski definition) is 2. The van der Waals surface area contributed by atoms with Crippen molar-refractivity contribution in [1.82, 2.24) is 9.97 Å². The first kappa shape index (κ1) is 12.3. The second-order valence-corrected chi connectivity index (χ2v) is 4.04. The van der Waals surface area contributed by atoms with E-state index in [2.05, 4.69) is 9.97 Å². The van der Waals surface area contributed by atoms with Crippen LogP contribution in [0.2, 0.25) is 0 Å². The topological polar surface area (TPSA) is 71.8 Å². The van der Waals surface area contributed by atoms with Crippen molar-refractivity contribution in [2.24, 2.45) is 5.73 Å². The lowest BCUT2D eigenvalue weighted by molar-refractivity contribution is 0.767. The lowest BCUT2D eigenvalue weighted by Crippen LogP contribution is -2.19. The molecule has 5 heteroatoms. The van der Waals surface area contributed by atoms with Crippen LogP contribution in [0.4, 0.5) is 0 Å². The molecule has 1 heterocycles. The van der Waals surface area contributed by atoms with Crippen LogP contribution in [-0.4, -0.2) is 22.8 Å². The van der Waals surface area contributed by atoms with Crippen LogP contribution >= 0.6 is 11.8 Å². The SMILES string of the molecule is CCc1nc(SC)[nH]c(=O)c1CCCN. The monoisotopic (exact) mass is 227 g/mol. The normalized spacial score (nSPS) is 10.6. The van der Waals surface area contributed by atoms with E-state index >= 15 is 0 Å². The summed E-state index contributed by atoms with van der Waals surface area (Å²) >= 11 is 1.45. The molecule has 0 aliphatic carbocycles. The second kappa shape index (κ2) is 5.92. The average Bonchev–Trinajstić information content (AvgIpc) is 2.26. The molecular weight excluding hydrogens is 210 g/mol. The van der Waals surface area contributed by atoms with Gasteiger partial charge in [0.05, 0.1) is 5.69 Å². The molecule has 0 spiro atoms. The maximum Gasteiger partial charge on any atom is 0.254 e. The van der Waals surface area contributed by atoms with Crippen LogP contribution in [0.5, 0.6) is 0 Å². The summed E-state index contributed by atoms with van der Waals surface area (Å²) in [4.78, 5) is 18.9. The Labute approximate surface area is 93.7 Å². The van der Waals surface area contributed by atoms with E-state index in [1.165, 1.54) is 11.8 Å². The minimum absolute atomic E-state index is 0.0142. The zero-order chi connectivity index (χ0) is 11.3. The highest BCUT2D eigenvalue weighted by molar-refractivity contribution is 7.98. The maximum atomic E-state index is 11.7. The average molecular weight is 227 g/mol. The van der Waals surface area contributed by atoms with E-state index in [0.29, 0.717) is 11.7 Å². The number of H-pyrrole nitrogens is 1. The van der Waals surface area contributed by atoms with Crippen LogP contribution in [0.1, 0.15) is 24.6 Å². The van der Waals surface area contributed by atoms with Crippen LogP contribution in [-0.2, 0) is 12.8 Å². The number of nitrogens with one attached hydrogen (secondary N) is 1. The third-order valence-electron chi connectivity index (χ3n) is 2.24. The van der Waals surface area contributed by atoms with E-state index in [1.54, 1.807) is 0 Å². The van der Waals surface area contributed by atoms with Crippen molar-refractivity contribution in [3.63, 3.8) is 0 Å². The molecular formula is C10H17N3OS. The molecule has 15 heavy (non-hydrogen) atoms. The molecule has 0 fully saturated rings. The predicted octanol–water partition coefficient (Wildman–Crippen LogP) is 0.945. The van der Waals surface area contributed by atoms with Gasteiger partial charge >= 0.3 is 0 Å². The first-order valence-electron chi connectivity index (χ1n) is 5.09. The molecule has 0 saturated heterocycles. The Morgan fingerprint density at radius 3 is 2.80 bits per heavy atom. The third kappa shape index (κ3) is 3.07. The number of nitrogens with two attached hydrogens (primary N) is 1. The van der Waals surface area contributed by atoms with Crippen molar-refractivity contribution in [1.29, 1.82) is 0 Å². The van der Waals surface area contributed by atoms with Gasteiger partial charge in [-0.2, -0.15) is 0 Å². The molecule has 0 unspecified atom stereocenters. The highest BCUT2D eigenvalue weighted by Crippen LogP contribution is 2.10. The number of aromatic amines is 1. The number of aromatic nitrogens is 2. The molecule has 0 aliphatic rings. The van der Waals surface area contributed by atoms with E-state index < -0.39 is 0 Å². The molecule has 84 valence electrons. The molecule has 0 bridgehead atoms. The number of hydrogen-bond acceptors (Lipinski definition) is 4. The predicted molar refractivity (Wildman–Crippen MR) is 63.4 cm³/mol. The molecule has 0 aromatic carbocycles. The fourth-order valence-electron chi connectivity index (χ4n) is 1.45. The van der Waals surface area contributed by atoms with E-state index in [9.17, 15) is 4.79 Å². The minimum atomic E-state index is -0.0142. The Hall–Kier alpha value is -0.810. The van der Waals surface area contributed by atoms with Gasteiger partial charge < -0.3 is 10.7 Å². The highest BCUT2D eigenvalue weighted by atomic mass is 32.2. The van der Waals surface area contributed by atoms with Crippen molar-refractivity contribution in [2.45, 2.75) is 31.3 Å². The van der Waals surface area contributed by atoms with E-state index in [0.717, 1.165) is 30.5 Å². The molecule has 0 radical (unpaired) electrons. The Morgan fingerprint density at radius 2 is 2.27 bits per heavy atom. The van der Waals surface area contributed by atoms with Crippen molar-refractivity contribution in [3.05, 3.63) is 21.6 Å². The summed E-state index contributed by atoms with van der Waals surface area (Å²) in [6, 6.07) is 0. The smallest absolute Gasteiger partial charge is 0.254 e. The van der Waals surface area contributed by atoms with Gasteiger partial charge in [-0.25, -0.2) is 4.98 Å². The van der Waals surface area contributed by atoms with Gasteiger partial charge in [0.25, 0.3) is 5.56 Å². The first-order valence-corrected chi connectivity index (χ1v) is 6.31. The van der Waals surface area contributed by atoms with E-state index in [4.69, 9.17) is 5.73 Å². The fourth-order valence-corrected chi connectivity index (χ4v) is 1.84. The van der Waals surface area contributed by atoms with Gasteiger partial charge in [0, 0.05) is 5.56 Å². The highest BCUT2D eigenvalue weighted by Gasteiger charge is 2.08. The molecule has 1 aromatic rings. The lowest BCUT2D eigenvalue weighted by atomic mass is 10.1. The number of nitrogens with zero attached hydrogens (tertiary/aromatic N) is 1. The standard InChI is InChI=1S/C10H17N3OS/c1-3-8-7(5-4-6-11)9(14)13-10(12-8)15-2/h3-6,11H2,1-2H3,(H,12,13,14). The summed E-state index contributed by atoms with van der Waals surface area (Å²) in [6.45, 7) is 2.62. The summed E-state index contributed by atoms with van der Waals surface area (Å²) in [5.41, 5.74) is 7.11. The molecule has 0 atom stereocenters. The molecule has 3 N–H and O–H groups in total. The molecule has 0 saturated carbocycles. The van der Waals surface area contributed by atoms with Crippen molar-refractivity contribution in [2.75, 3.05) is 12.8 Å². The van der Waals surface area contributed by atoms with Gasteiger partial charge in [0.15, 0.2) is 5.16 Å². The third-order valence-corrected chi connectivity index (χ3v) is 2.82. The number of aryl methyl sites for hydroxylation is 1. The van der Waals surface area contributed by atoms with Crippen LogP contribution in [0.25, 0.3) is 0 Å². The summed E-state index contributed by atoms with van der Waals surface area (Å²) in [6.07, 6.45) is 4.24. The van der Waals surface area contributed by atoms with Crippen molar-refractivity contribution in [3.8, 4) is 0 Å². The number of rotatable bonds is 5. The lowest BCUT2D eigenvalue weighted by Gasteiger charge is -2.06. The summed E-state index contributed by atoms with van der Waals surface area (Å²) in [5.74, 6) is 0. The van der Waals surface area contributed by atoms with Gasteiger partial charge in [-0.1, -0.05) is 18.7 Å². The van der Waals surface area contributed by atoms with E-state index in [-0.39, 0.29) is 5.56 Å². The van der Waals surface area contributed by atoms with Gasteiger partial charge in [-0.15, -0.1) is 0 Å². The largest absolute Gasteiger partial charge is 0.330 e. The quantitative estimate of drug-likeness (QED) is 0.580. The molecule has 0 aliphatic heterocycles. The Balaban J connectivity index is 3.07. The zero-order valence-electron chi connectivity index (χ0n) is 9.17. The molecule has 0 amide bonds. The van der Waals surface area contributed by atoms with Crippen molar-refractivity contribution >= 4 is 11.8 Å². The summed E-state index contributed by atoms with van der Waals surface area (Å²) in [7, 11) is 0. The summed E-state index contributed by atoms with van der Waals surface area (Å²) in [5, 5.41) is 0.688.